The predicted molar refractivity (Wildman–Crippen MR) is 165 cm³/mol. The predicted octanol–water partition coefficient (Wildman–Crippen LogP) is 5.97. The van der Waals surface area contributed by atoms with E-state index in [-0.39, 0.29) is 30.8 Å². The van der Waals surface area contributed by atoms with E-state index in [1.54, 1.807) is 21.3 Å². The third-order valence-corrected chi connectivity index (χ3v) is 7.98. The molecule has 8 nitrogen and oxygen atoms in total. The lowest BCUT2D eigenvalue weighted by Crippen LogP contribution is -2.57. The molecule has 3 aromatic rings. The number of hydrogen-bond acceptors (Lipinski definition) is 8. The highest BCUT2D eigenvalue weighted by atomic mass is 16.6. The Labute approximate surface area is 255 Å². The third-order valence-electron chi connectivity index (χ3n) is 7.98. The Morgan fingerprint density at radius 3 is 1.40 bits per heavy atom. The quantitative estimate of drug-likeness (QED) is 0.192. The summed E-state index contributed by atoms with van der Waals surface area (Å²) in [4.78, 5) is 0. The summed E-state index contributed by atoms with van der Waals surface area (Å²) in [5.74, 6) is 2.60. The van der Waals surface area contributed by atoms with Gasteiger partial charge in [0.2, 0.25) is 0 Å². The Balaban J connectivity index is 1.59. The molecule has 0 heterocycles. The molecule has 3 aromatic carbocycles. The molecule has 1 N–H and O–H groups in total. The first-order valence-electron chi connectivity index (χ1n) is 15.0. The van der Waals surface area contributed by atoms with E-state index in [1.165, 1.54) is 0 Å². The average molecular weight is 595 g/mol. The van der Waals surface area contributed by atoms with Gasteiger partial charge in [-0.25, -0.2) is 0 Å². The number of rotatable bonds is 17. The van der Waals surface area contributed by atoms with Crippen molar-refractivity contribution in [1.82, 2.24) is 0 Å². The molecule has 0 saturated heterocycles. The van der Waals surface area contributed by atoms with Gasteiger partial charge < -0.3 is 38.3 Å². The summed E-state index contributed by atoms with van der Waals surface area (Å²) >= 11 is 0. The van der Waals surface area contributed by atoms with Gasteiger partial charge in [-0.05, 0) is 71.8 Å². The van der Waals surface area contributed by atoms with Gasteiger partial charge >= 0.3 is 0 Å². The molecule has 5 atom stereocenters. The summed E-state index contributed by atoms with van der Waals surface area (Å²) in [6.07, 6.45) is 1.03. The van der Waals surface area contributed by atoms with Crippen molar-refractivity contribution in [2.24, 2.45) is 5.92 Å². The summed E-state index contributed by atoms with van der Waals surface area (Å²) in [7, 11) is 4.98. The molecule has 43 heavy (non-hydrogen) atoms. The second-order valence-electron chi connectivity index (χ2n) is 10.8. The zero-order valence-electron chi connectivity index (χ0n) is 25.8. The van der Waals surface area contributed by atoms with Crippen molar-refractivity contribution in [3.63, 3.8) is 0 Å². The van der Waals surface area contributed by atoms with Crippen LogP contribution in [0.5, 0.6) is 17.2 Å². The van der Waals surface area contributed by atoms with Crippen molar-refractivity contribution in [3.8, 4) is 17.2 Å². The summed E-state index contributed by atoms with van der Waals surface area (Å²) in [6.45, 7) is 3.92. The Hall–Kier alpha value is -3.14. The van der Waals surface area contributed by atoms with Crippen molar-refractivity contribution < 1.29 is 38.3 Å². The van der Waals surface area contributed by atoms with Crippen LogP contribution in [0.1, 0.15) is 42.9 Å². The molecule has 8 heteroatoms. The molecule has 0 radical (unpaired) electrons. The fourth-order valence-electron chi connectivity index (χ4n) is 5.46. The van der Waals surface area contributed by atoms with E-state index < -0.39 is 6.10 Å². The van der Waals surface area contributed by atoms with Crippen LogP contribution in [0, 0.1) is 5.92 Å². The Morgan fingerprint density at radius 1 is 0.581 bits per heavy atom. The summed E-state index contributed by atoms with van der Waals surface area (Å²) in [5, 5.41) is 9.42. The molecule has 0 unspecified atom stereocenters. The lowest BCUT2D eigenvalue weighted by Gasteiger charge is -2.46. The van der Waals surface area contributed by atoms with Crippen LogP contribution in [0.25, 0.3) is 0 Å². The minimum atomic E-state index is -0.392. The van der Waals surface area contributed by atoms with Gasteiger partial charge in [-0.1, -0.05) is 49.7 Å². The highest BCUT2D eigenvalue weighted by Crippen LogP contribution is 2.37. The number of hydrogen-bond donors (Lipinski definition) is 1. The lowest BCUT2D eigenvalue weighted by atomic mass is 9.78. The number of benzene rings is 3. The molecule has 0 spiro atoms. The van der Waals surface area contributed by atoms with E-state index in [2.05, 4.69) is 6.92 Å². The molecular formula is C35H46O8. The zero-order chi connectivity index (χ0) is 30.4. The van der Waals surface area contributed by atoms with Gasteiger partial charge in [0, 0.05) is 13.2 Å². The number of aliphatic hydroxyl groups is 1. The van der Waals surface area contributed by atoms with Crippen LogP contribution in [0.3, 0.4) is 0 Å². The molecule has 1 fully saturated rings. The van der Waals surface area contributed by atoms with Gasteiger partial charge in [0.1, 0.15) is 29.5 Å². The van der Waals surface area contributed by atoms with Gasteiger partial charge in [-0.15, -0.1) is 0 Å². The van der Waals surface area contributed by atoms with Crippen LogP contribution in [0.2, 0.25) is 0 Å². The Bertz CT molecular complexity index is 1180. The normalized spacial score (nSPS) is 21.8. The molecule has 0 amide bonds. The van der Waals surface area contributed by atoms with E-state index in [4.69, 9.17) is 33.2 Å². The summed E-state index contributed by atoms with van der Waals surface area (Å²) in [6, 6.07) is 23.7. The highest BCUT2D eigenvalue weighted by molar-refractivity contribution is 5.28. The number of methoxy groups -OCH3 is 3. The first-order valence-corrected chi connectivity index (χ1v) is 15.0. The molecule has 1 saturated carbocycles. The van der Waals surface area contributed by atoms with E-state index >= 15 is 0 Å². The second-order valence-corrected chi connectivity index (χ2v) is 10.8. The maximum absolute atomic E-state index is 9.42. The maximum atomic E-state index is 9.42. The van der Waals surface area contributed by atoms with Gasteiger partial charge in [0.15, 0.2) is 0 Å². The molecular weight excluding hydrogens is 548 g/mol. The van der Waals surface area contributed by atoms with E-state index in [0.29, 0.717) is 32.8 Å². The molecule has 1 aliphatic rings. The second kappa shape index (κ2) is 17.2. The van der Waals surface area contributed by atoms with Crippen LogP contribution < -0.4 is 14.2 Å². The van der Waals surface area contributed by atoms with Crippen molar-refractivity contribution >= 4 is 0 Å². The van der Waals surface area contributed by atoms with E-state index in [1.807, 2.05) is 72.8 Å². The highest BCUT2D eigenvalue weighted by Gasteiger charge is 2.47. The van der Waals surface area contributed by atoms with E-state index in [9.17, 15) is 5.11 Å². The van der Waals surface area contributed by atoms with Crippen molar-refractivity contribution in [2.75, 3.05) is 34.5 Å². The van der Waals surface area contributed by atoms with Gasteiger partial charge in [-0.3, -0.25) is 0 Å². The van der Waals surface area contributed by atoms with Gasteiger partial charge in [0.25, 0.3) is 0 Å². The summed E-state index contributed by atoms with van der Waals surface area (Å²) < 4.78 is 42.4. The number of aliphatic hydroxyl groups excluding tert-OH is 1. The smallest absolute Gasteiger partial charge is 0.118 e. The van der Waals surface area contributed by atoms with Crippen LogP contribution >= 0.6 is 0 Å². The van der Waals surface area contributed by atoms with Gasteiger partial charge in [0.05, 0.1) is 53.4 Å². The van der Waals surface area contributed by atoms with Crippen LogP contribution in [0.4, 0.5) is 0 Å². The number of ether oxygens (including phenoxy) is 7. The zero-order valence-corrected chi connectivity index (χ0v) is 25.8. The standard InChI is InChI=1S/C35H46O8/c1-5-28-21-32(40-20-6-19-36)34(42-23-26-9-15-30(38-3)16-10-26)35(43-24-27-11-17-31(39-4)18-12-27)33(28)41-22-25-7-13-29(37-2)14-8-25/h7-18,28,32-36H,5-6,19-24H2,1-4H3/t28-,32+,33+,34-,35-/m0/s1. The van der Waals surface area contributed by atoms with E-state index in [0.717, 1.165) is 46.8 Å². The largest absolute Gasteiger partial charge is 0.497 e. The summed E-state index contributed by atoms with van der Waals surface area (Å²) in [5.41, 5.74) is 3.11. The molecule has 0 bridgehead atoms. The third kappa shape index (κ3) is 9.42. The fraction of sp³-hybridized carbons (Fsp3) is 0.486. The van der Waals surface area contributed by atoms with Crippen molar-refractivity contribution in [1.29, 1.82) is 0 Å². The molecule has 0 aliphatic heterocycles. The molecule has 234 valence electrons. The van der Waals surface area contributed by atoms with Gasteiger partial charge in [-0.2, -0.15) is 0 Å². The van der Waals surface area contributed by atoms with Crippen molar-refractivity contribution in [3.05, 3.63) is 89.5 Å². The Morgan fingerprint density at radius 2 is 1.00 bits per heavy atom. The SMILES string of the molecule is CC[C@H]1C[C@@H](OCCCO)[C@H](OCc2ccc(OC)cc2)[C@@H](OCc2ccc(OC)cc2)[C@@H]1OCc1ccc(OC)cc1. The van der Waals surface area contributed by atoms with Crippen molar-refractivity contribution in [2.45, 2.75) is 70.4 Å². The molecule has 1 aliphatic carbocycles. The van der Waals surface area contributed by atoms with Crippen LogP contribution in [-0.2, 0) is 38.8 Å². The monoisotopic (exact) mass is 594 g/mol. The fourth-order valence-corrected chi connectivity index (χ4v) is 5.46. The minimum Gasteiger partial charge on any atom is -0.497 e. The first kappa shape index (κ1) is 32.8. The average Bonchev–Trinajstić information content (AvgIpc) is 3.06. The van der Waals surface area contributed by atoms with Crippen LogP contribution in [0.15, 0.2) is 72.8 Å². The molecule has 4 rings (SSSR count). The van der Waals surface area contributed by atoms with Crippen LogP contribution in [-0.4, -0.2) is 64.1 Å². The topological polar surface area (TPSA) is 84.8 Å². The lowest BCUT2D eigenvalue weighted by molar-refractivity contribution is -0.228. The first-order chi connectivity index (χ1) is 21.1. The Kier molecular flexibility index (Phi) is 13.1. The minimum absolute atomic E-state index is 0.0757. The molecule has 0 aromatic heterocycles. The maximum Gasteiger partial charge on any atom is 0.118 e.